The van der Waals surface area contributed by atoms with Gasteiger partial charge in [0.05, 0.1) is 12.7 Å². The third kappa shape index (κ3) is 8.64. The second-order valence-corrected chi connectivity index (χ2v) is 9.66. The van der Waals surface area contributed by atoms with Crippen LogP contribution in [-0.4, -0.2) is 40.1 Å². The topological polar surface area (TPSA) is 102 Å². The molecule has 6 heteroatoms. The lowest BCUT2D eigenvalue weighted by atomic mass is 10.0. The minimum Gasteiger partial charge on any atom is -0.508 e. The Kier molecular flexibility index (Phi) is 10.8. The third-order valence-corrected chi connectivity index (χ3v) is 6.29. The van der Waals surface area contributed by atoms with Crippen LogP contribution in [0.3, 0.4) is 0 Å². The number of benzene rings is 3. The van der Waals surface area contributed by atoms with Gasteiger partial charge < -0.3 is 30.5 Å². The van der Waals surface area contributed by atoms with Crippen LogP contribution in [0.1, 0.15) is 60.3 Å². The van der Waals surface area contributed by atoms with Crippen molar-refractivity contribution in [3.8, 4) is 11.5 Å². The third-order valence-electron chi connectivity index (χ3n) is 6.29. The number of ether oxygens (including phenoxy) is 1. The van der Waals surface area contributed by atoms with Crippen molar-refractivity contribution < 1.29 is 25.2 Å². The summed E-state index contributed by atoms with van der Waals surface area (Å²) in [5, 5.41) is 43.0. The molecule has 3 aromatic rings. The van der Waals surface area contributed by atoms with Gasteiger partial charge in [-0.3, -0.25) is 0 Å². The van der Waals surface area contributed by atoms with Gasteiger partial charge in [-0.15, -0.1) is 0 Å². The fraction of sp³-hybridized carbons (Fsp3) is 0.400. The van der Waals surface area contributed by atoms with Crippen molar-refractivity contribution in [1.29, 1.82) is 0 Å². The summed E-state index contributed by atoms with van der Waals surface area (Å²) in [5.41, 5.74) is 4.32. The largest absolute Gasteiger partial charge is 0.508 e. The number of nitrogens with one attached hydrogen (secondary N) is 1. The fourth-order valence-electron chi connectivity index (χ4n) is 3.91. The van der Waals surface area contributed by atoms with E-state index in [2.05, 4.69) is 31.3 Å². The number of rotatable bonds is 14. The molecule has 194 valence electrons. The molecule has 0 aliphatic heterocycles. The molecule has 0 aliphatic carbocycles. The Morgan fingerprint density at radius 3 is 2.11 bits per heavy atom. The van der Waals surface area contributed by atoms with Crippen LogP contribution in [0.25, 0.3) is 0 Å². The Morgan fingerprint density at radius 2 is 1.44 bits per heavy atom. The van der Waals surface area contributed by atoms with Crippen LogP contribution in [0.4, 0.5) is 0 Å². The maximum absolute atomic E-state index is 10.5. The van der Waals surface area contributed by atoms with E-state index in [1.54, 1.807) is 12.1 Å². The Hall–Kier alpha value is -2.90. The van der Waals surface area contributed by atoms with Gasteiger partial charge in [0, 0.05) is 12.1 Å². The molecule has 0 saturated carbocycles. The minimum absolute atomic E-state index is 0.0227. The van der Waals surface area contributed by atoms with Crippen molar-refractivity contribution in [2.75, 3.05) is 19.7 Å². The number of aliphatic hydroxyl groups is 3. The van der Waals surface area contributed by atoms with E-state index in [0.29, 0.717) is 35.9 Å². The highest BCUT2D eigenvalue weighted by Gasteiger charge is 2.11. The van der Waals surface area contributed by atoms with E-state index < -0.39 is 12.2 Å². The summed E-state index contributed by atoms with van der Waals surface area (Å²) in [5.74, 6) is 1.41. The Morgan fingerprint density at radius 1 is 0.806 bits per heavy atom. The van der Waals surface area contributed by atoms with E-state index in [0.717, 1.165) is 30.4 Å². The fourth-order valence-corrected chi connectivity index (χ4v) is 3.91. The molecule has 2 unspecified atom stereocenters. The monoisotopic (exact) mass is 493 g/mol. The summed E-state index contributed by atoms with van der Waals surface area (Å²) in [6.45, 7) is 5.42. The van der Waals surface area contributed by atoms with Gasteiger partial charge in [-0.25, -0.2) is 0 Å². The summed E-state index contributed by atoms with van der Waals surface area (Å²) in [7, 11) is 0. The molecule has 6 nitrogen and oxygen atoms in total. The van der Waals surface area contributed by atoms with Gasteiger partial charge in [0.25, 0.3) is 0 Å². The average Bonchev–Trinajstić information content (AvgIpc) is 2.89. The summed E-state index contributed by atoms with van der Waals surface area (Å²) < 4.78 is 5.79. The summed E-state index contributed by atoms with van der Waals surface area (Å²) in [6.07, 6.45) is 1.59. The van der Waals surface area contributed by atoms with Gasteiger partial charge >= 0.3 is 0 Å². The van der Waals surface area contributed by atoms with Crippen LogP contribution in [0.15, 0.2) is 66.7 Å². The molecular formula is C30H39NO5. The first-order valence-electron chi connectivity index (χ1n) is 12.7. The standard InChI is InChI=1S/C30H39NO5/c1-21(2)3-4-22-5-9-24(10-6-22)30(35)20-36-27-12-7-23(8-13-27)15-16-31-18-29(34)25-11-14-28(33)26(17-25)19-32/h5-14,17,21,29-35H,3-4,15-16,18-20H2,1-2H3. The SMILES string of the molecule is CC(C)CCc1ccc(C(O)COc2ccc(CCNCC(O)c3ccc(O)c(CO)c3)cc2)cc1. The molecule has 36 heavy (non-hydrogen) atoms. The highest BCUT2D eigenvalue weighted by molar-refractivity contribution is 5.36. The Bertz CT molecular complexity index is 1050. The lowest BCUT2D eigenvalue weighted by Gasteiger charge is -2.15. The van der Waals surface area contributed by atoms with Crippen LogP contribution in [0.5, 0.6) is 11.5 Å². The molecule has 0 aromatic heterocycles. The van der Waals surface area contributed by atoms with E-state index in [1.165, 1.54) is 11.6 Å². The molecule has 0 aliphatic rings. The van der Waals surface area contributed by atoms with E-state index in [-0.39, 0.29) is 19.0 Å². The predicted octanol–water partition coefficient (Wildman–Crippen LogP) is 4.45. The zero-order chi connectivity index (χ0) is 25.9. The van der Waals surface area contributed by atoms with Crippen molar-refractivity contribution in [3.05, 3.63) is 94.5 Å². The van der Waals surface area contributed by atoms with Gasteiger partial charge in [0.1, 0.15) is 24.2 Å². The number of hydrogen-bond acceptors (Lipinski definition) is 6. The minimum atomic E-state index is -0.727. The van der Waals surface area contributed by atoms with Crippen LogP contribution in [0, 0.1) is 5.92 Å². The smallest absolute Gasteiger partial charge is 0.121 e. The van der Waals surface area contributed by atoms with E-state index in [1.807, 2.05) is 36.4 Å². The molecule has 2 atom stereocenters. The molecule has 0 bridgehead atoms. The van der Waals surface area contributed by atoms with Crippen LogP contribution < -0.4 is 10.1 Å². The second kappa shape index (κ2) is 14.0. The highest BCUT2D eigenvalue weighted by Crippen LogP contribution is 2.22. The van der Waals surface area contributed by atoms with Crippen molar-refractivity contribution in [2.45, 2.75) is 51.9 Å². The van der Waals surface area contributed by atoms with Gasteiger partial charge in [0.2, 0.25) is 0 Å². The zero-order valence-electron chi connectivity index (χ0n) is 21.2. The molecule has 3 aromatic carbocycles. The molecule has 0 radical (unpaired) electrons. The molecular weight excluding hydrogens is 454 g/mol. The summed E-state index contributed by atoms with van der Waals surface area (Å²) in [6, 6.07) is 20.7. The molecule has 0 heterocycles. The highest BCUT2D eigenvalue weighted by atomic mass is 16.5. The van der Waals surface area contributed by atoms with Crippen molar-refractivity contribution in [2.24, 2.45) is 5.92 Å². The van der Waals surface area contributed by atoms with Crippen LogP contribution in [0.2, 0.25) is 0 Å². The molecule has 5 N–H and O–H groups in total. The first-order chi connectivity index (χ1) is 17.4. The maximum Gasteiger partial charge on any atom is 0.121 e. The lowest BCUT2D eigenvalue weighted by Crippen LogP contribution is -2.23. The molecule has 0 amide bonds. The normalized spacial score (nSPS) is 13.1. The Labute approximate surface area is 214 Å². The van der Waals surface area contributed by atoms with Gasteiger partial charge in [-0.1, -0.05) is 56.3 Å². The first-order valence-corrected chi connectivity index (χ1v) is 12.7. The summed E-state index contributed by atoms with van der Waals surface area (Å²) in [4.78, 5) is 0. The van der Waals surface area contributed by atoms with Gasteiger partial charge in [-0.05, 0) is 78.2 Å². The van der Waals surface area contributed by atoms with Crippen molar-refractivity contribution in [3.63, 3.8) is 0 Å². The maximum atomic E-state index is 10.5. The molecule has 0 spiro atoms. The predicted molar refractivity (Wildman–Crippen MR) is 142 cm³/mol. The average molecular weight is 494 g/mol. The lowest BCUT2D eigenvalue weighted by molar-refractivity contribution is 0.108. The number of phenols is 1. The number of aliphatic hydroxyl groups excluding tert-OH is 3. The zero-order valence-corrected chi connectivity index (χ0v) is 21.2. The number of aryl methyl sites for hydroxylation is 1. The van der Waals surface area contributed by atoms with Gasteiger partial charge in [-0.2, -0.15) is 0 Å². The van der Waals surface area contributed by atoms with Crippen molar-refractivity contribution in [1.82, 2.24) is 5.32 Å². The van der Waals surface area contributed by atoms with Crippen LogP contribution >= 0.6 is 0 Å². The quantitative estimate of drug-likeness (QED) is 0.213. The number of hydrogen-bond donors (Lipinski definition) is 5. The van der Waals surface area contributed by atoms with E-state index >= 15 is 0 Å². The molecule has 0 fully saturated rings. The van der Waals surface area contributed by atoms with Crippen LogP contribution in [-0.2, 0) is 19.4 Å². The van der Waals surface area contributed by atoms with Crippen molar-refractivity contribution >= 4 is 0 Å². The molecule has 3 rings (SSSR count). The second-order valence-electron chi connectivity index (χ2n) is 9.66. The van der Waals surface area contributed by atoms with Gasteiger partial charge in [0.15, 0.2) is 0 Å². The summed E-state index contributed by atoms with van der Waals surface area (Å²) >= 11 is 0. The van der Waals surface area contributed by atoms with E-state index in [9.17, 15) is 20.4 Å². The first kappa shape index (κ1) is 27.7. The number of aromatic hydroxyl groups is 1. The molecule has 0 saturated heterocycles. The Balaban J connectivity index is 1.38. The van der Waals surface area contributed by atoms with E-state index in [4.69, 9.17) is 4.74 Å².